The van der Waals surface area contributed by atoms with E-state index in [1.54, 1.807) is 36.7 Å². The Hall–Kier alpha value is -3.74. The van der Waals surface area contributed by atoms with Crippen LogP contribution >= 0.6 is 0 Å². The molecule has 0 atom stereocenters. The molecule has 0 radical (unpaired) electrons. The van der Waals surface area contributed by atoms with Gasteiger partial charge in [0.2, 0.25) is 0 Å². The first kappa shape index (κ1) is 29.8. The molecule has 1 aromatic heterocycles. The fraction of sp³-hybridized carbons (Fsp3) is 0.385. The number of fused-ring (bicyclic) bond motifs is 1. The third-order valence-electron chi connectivity index (χ3n) is 5.90. The first-order chi connectivity index (χ1) is 18.3. The number of nitrogens with one attached hydrogen (secondary N) is 1. The van der Waals surface area contributed by atoms with Crippen molar-refractivity contribution in [2.24, 2.45) is 0 Å². The van der Waals surface area contributed by atoms with Crippen molar-refractivity contribution in [3.8, 4) is 5.75 Å². The summed E-state index contributed by atoms with van der Waals surface area (Å²) in [6, 6.07) is 5.20. The van der Waals surface area contributed by atoms with E-state index in [0.717, 1.165) is 0 Å². The summed E-state index contributed by atoms with van der Waals surface area (Å²) in [6.45, 7) is 7.19. The third-order valence-corrected chi connectivity index (χ3v) is 5.90. The number of amides is 2. The number of carbonyl (C=O) groups excluding carboxylic acids is 2. The van der Waals surface area contributed by atoms with Crippen LogP contribution in [0.3, 0.4) is 0 Å². The Morgan fingerprint density at radius 3 is 2.08 bits per heavy atom. The molecule has 0 aliphatic heterocycles. The zero-order valence-electron chi connectivity index (χ0n) is 21.4. The Morgan fingerprint density at radius 1 is 0.923 bits per heavy atom. The molecule has 0 saturated heterocycles. The number of carbonyl (C=O) groups is 2. The number of benzene rings is 2. The van der Waals surface area contributed by atoms with Gasteiger partial charge in [-0.2, -0.15) is 26.3 Å². The Kier molecular flexibility index (Phi) is 9.15. The van der Waals surface area contributed by atoms with Gasteiger partial charge in [0.15, 0.2) is 5.75 Å². The zero-order chi connectivity index (χ0) is 29.0. The first-order valence-corrected chi connectivity index (χ1v) is 12.1. The Morgan fingerprint density at radius 2 is 1.54 bits per heavy atom. The molecule has 0 bridgehead atoms. The number of alkyl halides is 6. The molecule has 13 heteroatoms. The predicted molar refractivity (Wildman–Crippen MR) is 132 cm³/mol. The molecule has 0 unspecified atom stereocenters. The summed E-state index contributed by atoms with van der Waals surface area (Å²) < 4.78 is 92.7. The molecule has 0 aliphatic carbocycles. The smallest absolute Gasteiger partial charge is 0.408 e. The van der Waals surface area contributed by atoms with Gasteiger partial charge in [-0.15, -0.1) is 0 Å². The van der Waals surface area contributed by atoms with Crippen LogP contribution in [-0.4, -0.2) is 47.8 Å². The second kappa shape index (κ2) is 12.0. The summed E-state index contributed by atoms with van der Waals surface area (Å²) in [7, 11) is 0. The first-order valence-electron chi connectivity index (χ1n) is 12.1. The van der Waals surface area contributed by atoms with Crippen molar-refractivity contribution in [2.45, 2.75) is 39.7 Å². The number of halogens is 6. The average molecular weight is 560 g/mol. The minimum Gasteiger partial charge on any atom is -0.408 e. The molecule has 0 spiro atoms. The number of nitrogens with zero attached hydrogens (tertiary/aromatic N) is 2. The van der Waals surface area contributed by atoms with E-state index in [2.05, 4.69) is 5.32 Å². The molecule has 39 heavy (non-hydrogen) atoms. The van der Waals surface area contributed by atoms with Gasteiger partial charge in [0, 0.05) is 43.4 Å². The van der Waals surface area contributed by atoms with Gasteiger partial charge >= 0.3 is 18.4 Å². The van der Waals surface area contributed by atoms with Gasteiger partial charge in [0.25, 0.3) is 5.91 Å². The van der Waals surface area contributed by atoms with Gasteiger partial charge in [-0.1, -0.05) is 0 Å². The molecule has 2 aromatic carbocycles. The van der Waals surface area contributed by atoms with Crippen LogP contribution in [0, 0.1) is 0 Å². The summed E-state index contributed by atoms with van der Waals surface area (Å²) in [5.74, 6) is -1.38. The third kappa shape index (κ3) is 7.02. The lowest BCUT2D eigenvalue weighted by Crippen LogP contribution is -2.33. The van der Waals surface area contributed by atoms with Crippen molar-refractivity contribution < 1.29 is 45.4 Å². The Labute approximate surface area is 220 Å². The SMILES string of the molecule is CCOCCn1ccc2c(NC(=O)c3cc(C(F)(F)F)cc(C(F)(F)F)c3)c(OC(=O)N(CC)CC)ccc21. The minimum atomic E-state index is -5.13. The number of rotatable bonds is 9. The van der Waals surface area contributed by atoms with Gasteiger partial charge in [-0.3, -0.25) is 4.79 Å². The minimum absolute atomic E-state index is 0.0622. The van der Waals surface area contributed by atoms with Crippen molar-refractivity contribution >= 4 is 28.6 Å². The highest BCUT2D eigenvalue weighted by Gasteiger charge is 2.37. The van der Waals surface area contributed by atoms with E-state index in [0.29, 0.717) is 55.9 Å². The second-order valence-corrected chi connectivity index (χ2v) is 8.37. The van der Waals surface area contributed by atoms with Crippen LogP contribution in [0.25, 0.3) is 10.9 Å². The van der Waals surface area contributed by atoms with Crippen molar-refractivity contribution in [2.75, 3.05) is 31.6 Å². The lowest BCUT2D eigenvalue weighted by Gasteiger charge is -2.20. The largest absolute Gasteiger partial charge is 0.416 e. The molecule has 3 rings (SSSR count). The Bertz CT molecular complexity index is 1300. The molecule has 1 heterocycles. The summed E-state index contributed by atoms with van der Waals surface area (Å²) >= 11 is 0. The topological polar surface area (TPSA) is 72.8 Å². The lowest BCUT2D eigenvalue weighted by molar-refractivity contribution is -0.143. The quantitative estimate of drug-likeness (QED) is 0.231. The molecular formula is C26H27F6N3O4. The maximum Gasteiger partial charge on any atom is 0.416 e. The van der Waals surface area contributed by atoms with E-state index in [4.69, 9.17) is 9.47 Å². The molecule has 3 aromatic rings. The highest BCUT2D eigenvalue weighted by atomic mass is 19.4. The molecule has 212 valence electrons. The summed E-state index contributed by atoms with van der Waals surface area (Å²) in [6.07, 6.45) is -9.33. The second-order valence-electron chi connectivity index (χ2n) is 8.37. The maximum atomic E-state index is 13.3. The van der Waals surface area contributed by atoms with Crippen LogP contribution in [0.2, 0.25) is 0 Å². The van der Waals surface area contributed by atoms with E-state index < -0.39 is 41.0 Å². The summed E-state index contributed by atoms with van der Waals surface area (Å²) in [5, 5.41) is 2.73. The van der Waals surface area contributed by atoms with Crippen LogP contribution in [0.1, 0.15) is 42.3 Å². The highest BCUT2D eigenvalue weighted by Crippen LogP contribution is 2.38. The number of ether oxygens (including phenoxy) is 2. The molecule has 2 amide bonds. The molecule has 7 nitrogen and oxygen atoms in total. The fourth-order valence-electron chi connectivity index (χ4n) is 3.88. The van der Waals surface area contributed by atoms with Crippen LogP contribution < -0.4 is 10.1 Å². The van der Waals surface area contributed by atoms with Crippen LogP contribution in [0.15, 0.2) is 42.6 Å². The van der Waals surface area contributed by atoms with Crippen molar-refractivity contribution in [3.63, 3.8) is 0 Å². The standard InChI is InChI=1S/C26H27F6N3O4/c1-4-34(5-2)24(37)39-21-8-7-20-19(9-10-35(20)11-12-38-6-3)22(21)33-23(36)16-13-17(25(27,28)29)15-18(14-16)26(30,31)32/h7-10,13-15H,4-6,11-12H2,1-3H3,(H,33,36). The van der Waals surface area contributed by atoms with Crippen molar-refractivity contribution in [1.82, 2.24) is 9.47 Å². The molecule has 0 saturated carbocycles. The monoisotopic (exact) mass is 559 g/mol. The maximum absolute atomic E-state index is 13.3. The molecular weight excluding hydrogens is 532 g/mol. The predicted octanol–water partition coefficient (Wildman–Crippen LogP) is 6.81. The fourth-order valence-corrected chi connectivity index (χ4v) is 3.88. The number of aromatic nitrogens is 1. The van der Waals surface area contributed by atoms with E-state index >= 15 is 0 Å². The van der Waals surface area contributed by atoms with Crippen LogP contribution in [-0.2, 0) is 23.6 Å². The van der Waals surface area contributed by atoms with E-state index in [9.17, 15) is 35.9 Å². The average Bonchev–Trinajstić information content (AvgIpc) is 3.28. The molecule has 0 aliphatic rings. The van der Waals surface area contributed by atoms with Gasteiger partial charge in [-0.05, 0) is 57.2 Å². The van der Waals surface area contributed by atoms with Gasteiger partial charge in [0.1, 0.15) is 0 Å². The molecule has 0 fully saturated rings. The van der Waals surface area contributed by atoms with E-state index in [-0.39, 0.29) is 17.5 Å². The van der Waals surface area contributed by atoms with Gasteiger partial charge in [0.05, 0.1) is 28.9 Å². The van der Waals surface area contributed by atoms with Gasteiger partial charge in [-0.25, -0.2) is 4.79 Å². The molecule has 1 N–H and O–H groups in total. The van der Waals surface area contributed by atoms with Crippen molar-refractivity contribution in [1.29, 1.82) is 0 Å². The number of hydrogen-bond acceptors (Lipinski definition) is 4. The number of anilines is 1. The normalized spacial score (nSPS) is 12.0. The van der Waals surface area contributed by atoms with Crippen molar-refractivity contribution in [3.05, 3.63) is 59.3 Å². The lowest BCUT2D eigenvalue weighted by atomic mass is 10.0. The summed E-state index contributed by atoms with van der Waals surface area (Å²) in [4.78, 5) is 27.1. The number of hydrogen-bond donors (Lipinski definition) is 1. The van der Waals surface area contributed by atoms with E-state index in [1.807, 2.05) is 6.92 Å². The Balaban J connectivity index is 2.09. The van der Waals surface area contributed by atoms with Gasteiger partial charge < -0.3 is 24.3 Å². The van der Waals surface area contributed by atoms with E-state index in [1.165, 1.54) is 11.0 Å². The highest BCUT2D eigenvalue weighted by molar-refractivity contribution is 6.11. The van der Waals surface area contributed by atoms with Crippen LogP contribution in [0.5, 0.6) is 5.75 Å². The zero-order valence-corrected chi connectivity index (χ0v) is 21.4. The van der Waals surface area contributed by atoms with Crippen LogP contribution in [0.4, 0.5) is 36.8 Å². The summed E-state index contributed by atoms with van der Waals surface area (Å²) in [5.41, 5.74) is -3.65.